The van der Waals surface area contributed by atoms with Gasteiger partial charge in [-0.3, -0.25) is 4.79 Å². The lowest BCUT2D eigenvalue weighted by Gasteiger charge is -2.32. The van der Waals surface area contributed by atoms with Crippen LogP contribution in [0, 0.1) is 11.8 Å². The second-order valence-electron chi connectivity index (χ2n) is 5.23. The summed E-state index contributed by atoms with van der Waals surface area (Å²) in [6, 6.07) is 0. The Morgan fingerprint density at radius 1 is 1.00 bits per heavy atom. The molecule has 2 fully saturated rings. The van der Waals surface area contributed by atoms with Crippen LogP contribution in [0.5, 0.6) is 0 Å². The number of carbonyl (C=O) groups is 1. The van der Waals surface area contributed by atoms with E-state index in [1.165, 1.54) is 18.6 Å². The van der Waals surface area contributed by atoms with Gasteiger partial charge in [-0.05, 0) is 18.8 Å². The van der Waals surface area contributed by atoms with E-state index < -0.39 is 0 Å². The summed E-state index contributed by atoms with van der Waals surface area (Å²) in [5.74, 6) is 4.17. The summed E-state index contributed by atoms with van der Waals surface area (Å²) in [5, 5.41) is 0.822. The van der Waals surface area contributed by atoms with Crippen molar-refractivity contribution in [2.75, 3.05) is 11.5 Å². The summed E-state index contributed by atoms with van der Waals surface area (Å²) >= 11 is 3.88. The minimum absolute atomic E-state index is 0.289. The van der Waals surface area contributed by atoms with Crippen LogP contribution in [0.2, 0.25) is 0 Å². The van der Waals surface area contributed by atoms with Crippen LogP contribution < -0.4 is 0 Å². The molecule has 0 aromatic rings. The number of carbonyl (C=O) groups excluding carboxylic acids is 1. The van der Waals surface area contributed by atoms with Crippen LogP contribution in [-0.4, -0.2) is 27.8 Å². The van der Waals surface area contributed by atoms with Crippen LogP contribution in [-0.2, 0) is 4.79 Å². The van der Waals surface area contributed by atoms with Crippen LogP contribution in [0.3, 0.4) is 0 Å². The predicted molar refractivity (Wildman–Crippen MR) is 74.3 cm³/mol. The Morgan fingerprint density at radius 2 is 1.62 bits per heavy atom. The fourth-order valence-electron chi connectivity index (χ4n) is 2.72. The number of rotatable bonds is 2. The maximum Gasteiger partial charge on any atom is 0.149 e. The van der Waals surface area contributed by atoms with Gasteiger partial charge in [0.05, 0.1) is 5.25 Å². The summed E-state index contributed by atoms with van der Waals surface area (Å²) in [7, 11) is 0. The molecule has 1 saturated heterocycles. The predicted octanol–water partition coefficient (Wildman–Crippen LogP) is 3.62. The Hall–Kier alpha value is 0.370. The molecular formula is C13H22OS2. The lowest BCUT2D eigenvalue weighted by molar-refractivity contribution is -0.123. The van der Waals surface area contributed by atoms with E-state index in [0.717, 1.165) is 24.5 Å². The van der Waals surface area contributed by atoms with Crippen molar-refractivity contribution < 1.29 is 4.79 Å². The summed E-state index contributed by atoms with van der Waals surface area (Å²) in [5.41, 5.74) is 0. The van der Waals surface area contributed by atoms with Gasteiger partial charge in [-0.25, -0.2) is 0 Å². The van der Waals surface area contributed by atoms with Crippen molar-refractivity contribution in [1.82, 2.24) is 0 Å². The highest BCUT2D eigenvalue weighted by molar-refractivity contribution is 8.07. The summed E-state index contributed by atoms with van der Waals surface area (Å²) < 4.78 is 0. The van der Waals surface area contributed by atoms with Crippen molar-refractivity contribution in [3.8, 4) is 0 Å². The zero-order valence-corrected chi connectivity index (χ0v) is 11.9. The van der Waals surface area contributed by atoms with Crippen LogP contribution in [0.4, 0.5) is 0 Å². The highest BCUT2D eigenvalue weighted by Crippen LogP contribution is 2.37. The van der Waals surface area contributed by atoms with Crippen molar-refractivity contribution in [3.63, 3.8) is 0 Å². The van der Waals surface area contributed by atoms with Crippen molar-refractivity contribution >= 4 is 29.3 Å². The Bertz CT molecular complexity index is 246. The average molecular weight is 258 g/mol. The molecule has 0 aromatic heterocycles. The van der Waals surface area contributed by atoms with Gasteiger partial charge in [-0.15, -0.1) is 11.8 Å². The fourth-order valence-corrected chi connectivity index (χ4v) is 5.53. The lowest BCUT2D eigenvalue weighted by Crippen LogP contribution is -2.36. The Balaban J connectivity index is 1.90. The fraction of sp³-hybridized carbons (Fsp3) is 0.923. The van der Waals surface area contributed by atoms with Gasteiger partial charge >= 0.3 is 0 Å². The molecule has 2 atom stereocenters. The zero-order chi connectivity index (χ0) is 11.5. The summed E-state index contributed by atoms with van der Waals surface area (Å²) in [6.45, 7) is 4.54. The second kappa shape index (κ2) is 5.81. The van der Waals surface area contributed by atoms with E-state index in [1.54, 1.807) is 0 Å². The molecule has 1 nitrogen and oxygen atoms in total. The van der Waals surface area contributed by atoms with Gasteiger partial charge < -0.3 is 0 Å². The van der Waals surface area contributed by atoms with Crippen molar-refractivity contribution in [3.05, 3.63) is 0 Å². The largest absolute Gasteiger partial charge is 0.298 e. The molecule has 1 heterocycles. The Labute approximate surface area is 108 Å². The topological polar surface area (TPSA) is 17.1 Å². The van der Waals surface area contributed by atoms with Gasteiger partial charge in [0.2, 0.25) is 0 Å². The van der Waals surface area contributed by atoms with Crippen LogP contribution in [0.15, 0.2) is 0 Å². The normalized spacial score (nSPS) is 40.6. The minimum Gasteiger partial charge on any atom is -0.298 e. The molecule has 0 spiro atoms. The van der Waals surface area contributed by atoms with Gasteiger partial charge in [0, 0.05) is 22.7 Å². The summed E-state index contributed by atoms with van der Waals surface area (Å²) in [6.07, 6.45) is 4.81. The maximum atomic E-state index is 12.4. The molecule has 0 aromatic carbocycles. The highest BCUT2D eigenvalue weighted by atomic mass is 32.2. The first-order valence-electron chi connectivity index (χ1n) is 6.45. The number of thioether (sulfide) groups is 2. The van der Waals surface area contributed by atoms with E-state index >= 15 is 0 Å². The van der Waals surface area contributed by atoms with Crippen LogP contribution in [0.25, 0.3) is 0 Å². The maximum absolute atomic E-state index is 12.4. The van der Waals surface area contributed by atoms with E-state index in [4.69, 9.17) is 0 Å². The molecule has 0 radical (unpaired) electrons. The number of hydrogen-bond donors (Lipinski definition) is 0. The Morgan fingerprint density at radius 3 is 2.25 bits per heavy atom. The third kappa shape index (κ3) is 2.98. The van der Waals surface area contributed by atoms with Gasteiger partial charge in [-0.2, -0.15) is 11.8 Å². The van der Waals surface area contributed by atoms with Crippen molar-refractivity contribution in [2.24, 2.45) is 11.8 Å². The Kier molecular flexibility index (Phi) is 4.66. The standard InChI is InChI=1S/C13H22OS2/c1-9-3-5-11(6-4-9)12(14)13-10(2)15-7-8-16-13/h9-11,13H,3-8H2,1-2H3. The second-order valence-corrected chi connectivity index (χ2v) is 7.96. The molecule has 1 aliphatic heterocycles. The third-order valence-electron chi connectivity index (χ3n) is 3.89. The molecule has 16 heavy (non-hydrogen) atoms. The van der Waals surface area contributed by atoms with E-state index in [2.05, 4.69) is 13.8 Å². The van der Waals surface area contributed by atoms with Gasteiger partial charge in [0.15, 0.2) is 0 Å². The molecule has 2 unspecified atom stereocenters. The summed E-state index contributed by atoms with van der Waals surface area (Å²) in [4.78, 5) is 12.4. The van der Waals surface area contributed by atoms with Crippen LogP contribution >= 0.6 is 23.5 Å². The molecule has 0 bridgehead atoms. The molecule has 1 aliphatic carbocycles. The van der Waals surface area contributed by atoms with E-state index in [9.17, 15) is 4.79 Å². The number of Topliss-reactive ketones (excluding diaryl/α,β-unsaturated/α-hetero) is 1. The molecule has 1 saturated carbocycles. The molecule has 2 aliphatic rings. The van der Waals surface area contributed by atoms with E-state index in [-0.39, 0.29) is 5.25 Å². The molecule has 92 valence electrons. The molecule has 2 rings (SSSR count). The van der Waals surface area contributed by atoms with Gasteiger partial charge in [0.1, 0.15) is 5.78 Å². The SMILES string of the molecule is CC1CCC(C(=O)C2SCCSC2C)CC1. The van der Waals surface area contributed by atoms with E-state index in [0.29, 0.717) is 17.0 Å². The smallest absolute Gasteiger partial charge is 0.149 e. The average Bonchev–Trinajstić information content (AvgIpc) is 2.30. The van der Waals surface area contributed by atoms with Crippen molar-refractivity contribution in [1.29, 1.82) is 0 Å². The third-order valence-corrected chi connectivity index (χ3v) is 6.99. The highest BCUT2D eigenvalue weighted by Gasteiger charge is 2.34. The number of hydrogen-bond acceptors (Lipinski definition) is 3. The monoisotopic (exact) mass is 258 g/mol. The van der Waals surface area contributed by atoms with Crippen molar-refractivity contribution in [2.45, 2.75) is 50.0 Å². The quantitative estimate of drug-likeness (QED) is 0.753. The van der Waals surface area contributed by atoms with Gasteiger partial charge in [0.25, 0.3) is 0 Å². The molecular weight excluding hydrogens is 236 g/mol. The number of ketones is 1. The molecule has 0 amide bonds. The van der Waals surface area contributed by atoms with Gasteiger partial charge in [-0.1, -0.05) is 26.7 Å². The minimum atomic E-state index is 0.289. The first kappa shape index (κ1) is 12.8. The van der Waals surface area contributed by atoms with Crippen LogP contribution in [0.1, 0.15) is 39.5 Å². The van der Waals surface area contributed by atoms with E-state index in [1.807, 2.05) is 23.5 Å². The molecule has 0 N–H and O–H groups in total. The zero-order valence-electron chi connectivity index (χ0n) is 10.3. The first-order valence-corrected chi connectivity index (χ1v) is 8.55. The first-order chi connectivity index (χ1) is 7.68. The molecule has 3 heteroatoms. The lowest BCUT2D eigenvalue weighted by atomic mass is 9.80.